The predicted octanol–water partition coefficient (Wildman–Crippen LogP) is 2.44. The number of methoxy groups -OCH3 is 1. The van der Waals surface area contributed by atoms with Crippen LogP contribution in [-0.2, 0) is 4.74 Å². The van der Waals surface area contributed by atoms with E-state index in [1.54, 1.807) is 7.11 Å². The van der Waals surface area contributed by atoms with Crippen molar-refractivity contribution in [3.8, 4) is 0 Å². The first kappa shape index (κ1) is 20.6. The van der Waals surface area contributed by atoms with Gasteiger partial charge in [-0.2, -0.15) is 0 Å². The number of halogens is 2. The zero-order valence-corrected chi connectivity index (χ0v) is 15.2. The number of carbonyl (C=O) groups excluding carboxylic acids is 1. The zero-order valence-electron chi connectivity index (χ0n) is 12.7. The summed E-state index contributed by atoms with van der Waals surface area (Å²) in [6.07, 6.45) is -0.0642. The molecular formula is C13H23Cl2N3O2S. The molecule has 2 rings (SSSR count). The largest absolute Gasteiger partial charge is 0.375 e. The fourth-order valence-electron chi connectivity index (χ4n) is 2.16. The van der Waals surface area contributed by atoms with Crippen molar-refractivity contribution in [1.82, 2.24) is 15.2 Å². The standard InChI is InChI=1S/C13H21N3O2S.2ClH/c1-8-7-14-5-6-16(8)13(17)11-9(2)15-12(19-11)10(3)18-4;;/h8,10,14H,5-7H2,1-4H3;2*1H/t8-,10?;;/m1../s1. The van der Waals surface area contributed by atoms with Gasteiger partial charge in [-0.1, -0.05) is 0 Å². The fourth-order valence-corrected chi connectivity index (χ4v) is 3.22. The average molecular weight is 356 g/mol. The maximum absolute atomic E-state index is 12.6. The molecule has 1 N–H and O–H groups in total. The van der Waals surface area contributed by atoms with Gasteiger partial charge in [0.25, 0.3) is 5.91 Å². The summed E-state index contributed by atoms with van der Waals surface area (Å²) in [4.78, 5) is 19.7. The molecule has 2 atom stereocenters. The summed E-state index contributed by atoms with van der Waals surface area (Å²) in [6.45, 7) is 8.37. The average Bonchev–Trinajstić information content (AvgIpc) is 2.80. The summed E-state index contributed by atoms with van der Waals surface area (Å²) in [6, 6.07) is 0.228. The van der Waals surface area contributed by atoms with Crippen LogP contribution in [-0.4, -0.2) is 48.6 Å². The molecule has 8 heteroatoms. The number of hydrogen-bond donors (Lipinski definition) is 1. The van der Waals surface area contributed by atoms with Crippen molar-refractivity contribution in [1.29, 1.82) is 0 Å². The first-order chi connectivity index (χ1) is 9.04. The second-order valence-electron chi connectivity index (χ2n) is 4.90. The molecule has 2 heterocycles. The number of amides is 1. The van der Waals surface area contributed by atoms with Gasteiger partial charge < -0.3 is 15.0 Å². The van der Waals surface area contributed by atoms with Gasteiger partial charge in [0.2, 0.25) is 0 Å². The highest BCUT2D eigenvalue weighted by Crippen LogP contribution is 2.27. The number of piperazine rings is 1. The van der Waals surface area contributed by atoms with Crippen molar-refractivity contribution in [2.24, 2.45) is 0 Å². The van der Waals surface area contributed by atoms with Crippen LogP contribution in [0.4, 0.5) is 0 Å². The Balaban J connectivity index is 0.00000200. The van der Waals surface area contributed by atoms with Gasteiger partial charge in [0, 0.05) is 32.8 Å². The molecule has 1 aromatic heterocycles. The van der Waals surface area contributed by atoms with Crippen LogP contribution < -0.4 is 5.32 Å². The molecule has 0 aliphatic carbocycles. The second-order valence-corrected chi connectivity index (χ2v) is 5.93. The van der Waals surface area contributed by atoms with Crippen molar-refractivity contribution >= 4 is 42.1 Å². The molecule has 0 saturated carbocycles. The summed E-state index contributed by atoms with van der Waals surface area (Å²) >= 11 is 1.45. The molecule has 1 amide bonds. The summed E-state index contributed by atoms with van der Waals surface area (Å²) < 4.78 is 5.26. The van der Waals surface area contributed by atoms with E-state index in [2.05, 4.69) is 17.2 Å². The van der Waals surface area contributed by atoms with Crippen molar-refractivity contribution in [2.45, 2.75) is 32.9 Å². The molecule has 21 heavy (non-hydrogen) atoms. The van der Waals surface area contributed by atoms with E-state index in [9.17, 15) is 4.79 Å². The first-order valence-corrected chi connectivity index (χ1v) is 7.38. The van der Waals surface area contributed by atoms with E-state index in [0.29, 0.717) is 0 Å². The van der Waals surface area contributed by atoms with Crippen LogP contribution in [0.25, 0.3) is 0 Å². The maximum Gasteiger partial charge on any atom is 0.266 e. The van der Waals surface area contributed by atoms with Crippen LogP contribution >= 0.6 is 36.2 Å². The third-order valence-electron chi connectivity index (χ3n) is 3.47. The van der Waals surface area contributed by atoms with Crippen LogP contribution in [0, 0.1) is 6.92 Å². The van der Waals surface area contributed by atoms with Gasteiger partial charge in [-0.25, -0.2) is 4.98 Å². The Morgan fingerprint density at radius 1 is 1.52 bits per heavy atom. The lowest BCUT2D eigenvalue weighted by atomic mass is 10.2. The molecule has 1 aromatic rings. The Morgan fingerprint density at radius 3 is 2.76 bits per heavy atom. The van der Waals surface area contributed by atoms with Crippen LogP contribution in [0.15, 0.2) is 0 Å². The van der Waals surface area contributed by atoms with Gasteiger partial charge in [-0.05, 0) is 20.8 Å². The topological polar surface area (TPSA) is 54.5 Å². The van der Waals surface area contributed by atoms with Crippen LogP contribution in [0.2, 0.25) is 0 Å². The maximum atomic E-state index is 12.6. The summed E-state index contributed by atoms with van der Waals surface area (Å²) in [5.74, 6) is 0.0959. The predicted molar refractivity (Wildman–Crippen MR) is 90.1 cm³/mol. The van der Waals surface area contributed by atoms with Crippen LogP contribution in [0.3, 0.4) is 0 Å². The van der Waals surface area contributed by atoms with E-state index in [1.165, 1.54) is 11.3 Å². The number of carbonyl (C=O) groups is 1. The van der Waals surface area contributed by atoms with E-state index >= 15 is 0 Å². The van der Waals surface area contributed by atoms with E-state index < -0.39 is 0 Å². The van der Waals surface area contributed by atoms with Crippen LogP contribution in [0.1, 0.15) is 40.3 Å². The third-order valence-corrected chi connectivity index (χ3v) is 4.78. The lowest BCUT2D eigenvalue weighted by molar-refractivity contribution is 0.0660. The highest BCUT2D eigenvalue weighted by Gasteiger charge is 2.27. The van der Waals surface area contributed by atoms with Crippen molar-refractivity contribution in [3.63, 3.8) is 0 Å². The number of hydrogen-bond acceptors (Lipinski definition) is 5. The van der Waals surface area contributed by atoms with Gasteiger partial charge in [0.05, 0.1) is 5.69 Å². The molecule has 0 aromatic carbocycles. The van der Waals surface area contributed by atoms with Gasteiger partial charge >= 0.3 is 0 Å². The van der Waals surface area contributed by atoms with E-state index in [1.807, 2.05) is 18.7 Å². The number of nitrogens with zero attached hydrogens (tertiary/aromatic N) is 2. The Kier molecular flexibility index (Phi) is 8.73. The minimum atomic E-state index is -0.0642. The number of aromatic nitrogens is 1. The van der Waals surface area contributed by atoms with Crippen molar-refractivity contribution in [2.75, 3.05) is 26.7 Å². The molecule has 0 spiro atoms. The monoisotopic (exact) mass is 355 g/mol. The number of thiazole rings is 1. The Morgan fingerprint density at radius 2 is 2.19 bits per heavy atom. The van der Waals surface area contributed by atoms with Crippen molar-refractivity contribution < 1.29 is 9.53 Å². The highest BCUT2D eigenvalue weighted by molar-refractivity contribution is 7.13. The molecule has 5 nitrogen and oxygen atoms in total. The Labute approximate surface area is 142 Å². The molecule has 122 valence electrons. The fraction of sp³-hybridized carbons (Fsp3) is 0.692. The van der Waals surface area contributed by atoms with E-state index in [4.69, 9.17) is 4.74 Å². The van der Waals surface area contributed by atoms with Gasteiger partial charge in [0.1, 0.15) is 16.0 Å². The zero-order chi connectivity index (χ0) is 14.0. The number of rotatable bonds is 3. The molecule has 1 aliphatic rings. The molecule has 1 fully saturated rings. The van der Waals surface area contributed by atoms with Gasteiger partial charge in [0.15, 0.2) is 0 Å². The summed E-state index contributed by atoms with van der Waals surface area (Å²) in [7, 11) is 1.65. The minimum Gasteiger partial charge on any atom is -0.375 e. The molecule has 1 unspecified atom stereocenters. The second kappa shape index (κ2) is 8.90. The lowest BCUT2D eigenvalue weighted by Gasteiger charge is -2.33. The quantitative estimate of drug-likeness (QED) is 0.904. The molecule has 0 radical (unpaired) electrons. The summed E-state index contributed by atoms with van der Waals surface area (Å²) in [5.41, 5.74) is 0.805. The minimum absolute atomic E-state index is 0. The third kappa shape index (κ3) is 4.53. The normalized spacial score (nSPS) is 19.4. The smallest absolute Gasteiger partial charge is 0.266 e. The van der Waals surface area contributed by atoms with E-state index in [0.717, 1.165) is 35.2 Å². The number of aryl methyl sites for hydroxylation is 1. The highest BCUT2D eigenvalue weighted by atomic mass is 35.5. The Hall–Kier alpha value is -0.400. The Bertz CT molecular complexity index is 470. The molecule has 1 saturated heterocycles. The van der Waals surface area contributed by atoms with Crippen molar-refractivity contribution in [3.05, 3.63) is 15.6 Å². The van der Waals surface area contributed by atoms with Crippen LogP contribution in [0.5, 0.6) is 0 Å². The first-order valence-electron chi connectivity index (χ1n) is 6.56. The van der Waals surface area contributed by atoms with Gasteiger partial charge in [-0.3, -0.25) is 4.79 Å². The SMILES string of the molecule is COC(C)c1nc(C)c(C(=O)N2CCNC[C@H]2C)s1.Cl.Cl. The molecule has 1 aliphatic heterocycles. The number of nitrogens with one attached hydrogen (secondary N) is 1. The molecular weight excluding hydrogens is 333 g/mol. The van der Waals surface area contributed by atoms with Gasteiger partial charge in [-0.15, -0.1) is 36.2 Å². The lowest BCUT2D eigenvalue weighted by Crippen LogP contribution is -2.52. The molecule has 0 bridgehead atoms. The number of ether oxygens (including phenoxy) is 1. The van der Waals surface area contributed by atoms with E-state index in [-0.39, 0.29) is 42.9 Å². The summed E-state index contributed by atoms with van der Waals surface area (Å²) in [5, 5.41) is 4.16.